The Labute approximate surface area is 108 Å². The Morgan fingerprint density at radius 3 is 3.00 bits per heavy atom. The first-order chi connectivity index (χ1) is 8.75. The van der Waals surface area contributed by atoms with Gasteiger partial charge in [0.25, 0.3) is 0 Å². The monoisotopic (exact) mass is 244 g/mol. The standard InChI is InChI=1S/C15H20N2O/c1-3-8-15(9-5-10-16-15)14-17-13-11(2)6-4-7-12(13)18-14/h4,6-7,16H,3,5,8-10H2,1-2H3. The summed E-state index contributed by atoms with van der Waals surface area (Å²) in [6, 6.07) is 6.12. The number of nitrogens with one attached hydrogen (secondary N) is 1. The van der Waals surface area contributed by atoms with Crippen LogP contribution in [0.2, 0.25) is 0 Å². The third-order valence-electron chi connectivity index (χ3n) is 3.95. The molecule has 18 heavy (non-hydrogen) atoms. The highest BCUT2D eigenvalue weighted by molar-refractivity contribution is 5.76. The number of fused-ring (bicyclic) bond motifs is 1. The van der Waals surface area contributed by atoms with Crippen molar-refractivity contribution < 1.29 is 4.42 Å². The molecule has 0 saturated carbocycles. The number of hydrogen-bond acceptors (Lipinski definition) is 3. The fourth-order valence-corrected chi connectivity index (χ4v) is 3.03. The Morgan fingerprint density at radius 1 is 1.44 bits per heavy atom. The van der Waals surface area contributed by atoms with Gasteiger partial charge >= 0.3 is 0 Å². The maximum Gasteiger partial charge on any atom is 0.215 e. The van der Waals surface area contributed by atoms with Crippen LogP contribution < -0.4 is 5.32 Å². The minimum absolute atomic E-state index is 0.0276. The third kappa shape index (κ3) is 1.74. The molecule has 96 valence electrons. The van der Waals surface area contributed by atoms with E-state index in [9.17, 15) is 0 Å². The van der Waals surface area contributed by atoms with Crippen LogP contribution in [0, 0.1) is 6.92 Å². The molecule has 3 nitrogen and oxygen atoms in total. The van der Waals surface area contributed by atoms with Gasteiger partial charge in [0.15, 0.2) is 5.58 Å². The Bertz CT molecular complexity index is 553. The van der Waals surface area contributed by atoms with E-state index < -0.39 is 0 Å². The molecule has 2 heterocycles. The maximum absolute atomic E-state index is 6.02. The van der Waals surface area contributed by atoms with Gasteiger partial charge in [0.05, 0.1) is 5.54 Å². The quantitative estimate of drug-likeness (QED) is 0.897. The van der Waals surface area contributed by atoms with Crippen molar-refractivity contribution in [1.29, 1.82) is 0 Å². The van der Waals surface area contributed by atoms with Crippen molar-refractivity contribution in [1.82, 2.24) is 10.3 Å². The predicted molar refractivity (Wildman–Crippen MR) is 72.6 cm³/mol. The summed E-state index contributed by atoms with van der Waals surface area (Å²) in [5, 5.41) is 3.61. The third-order valence-corrected chi connectivity index (χ3v) is 3.95. The first kappa shape index (κ1) is 11.7. The van der Waals surface area contributed by atoms with Gasteiger partial charge in [0.1, 0.15) is 5.52 Å². The van der Waals surface area contributed by atoms with Crippen molar-refractivity contribution in [2.75, 3.05) is 6.54 Å². The highest BCUT2D eigenvalue weighted by atomic mass is 16.4. The number of benzene rings is 1. The molecule has 1 atom stereocenters. The van der Waals surface area contributed by atoms with E-state index in [0.717, 1.165) is 42.8 Å². The molecule has 1 aliphatic rings. The molecule has 1 N–H and O–H groups in total. The van der Waals surface area contributed by atoms with Gasteiger partial charge < -0.3 is 9.73 Å². The second kappa shape index (κ2) is 4.39. The van der Waals surface area contributed by atoms with Gasteiger partial charge in [0.2, 0.25) is 5.89 Å². The number of hydrogen-bond donors (Lipinski definition) is 1. The first-order valence-electron chi connectivity index (χ1n) is 6.87. The number of aryl methyl sites for hydroxylation is 1. The molecule has 0 radical (unpaired) electrons. The lowest BCUT2D eigenvalue weighted by molar-refractivity contribution is 0.279. The maximum atomic E-state index is 6.02. The second-order valence-electron chi connectivity index (χ2n) is 5.30. The van der Waals surface area contributed by atoms with Crippen LogP contribution in [0.1, 0.15) is 44.1 Å². The lowest BCUT2D eigenvalue weighted by Gasteiger charge is -2.25. The molecule has 0 spiro atoms. The second-order valence-corrected chi connectivity index (χ2v) is 5.30. The summed E-state index contributed by atoms with van der Waals surface area (Å²) in [4.78, 5) is 4.76. The van der Waals surface area contributed by atoms with Crippen LogP contribution >= 0.6 is 0 Å². The average Bonchev–Trinajstić information content (AvgIpc) is 2.97. The molecule has 0 amide bonds. The van der Waals surface area contributed by atoms with Gasteiger partial charge in [-0.3, -0.25) is 0 Å². The van der Waals surface area contributed by atoms with E-state index in [4.69, 9.17) is 9.40 Å². The van der Waals surface area contributed by atoms with Gasteiger partial charge in [0, 0.05) is 0 Å². The largest absolute Gasteiger partial charge is 0.439 e. The summed E-state index contributed by atoms with van der Waals surface area (Å²) in [6.07, 6.45) is 4.58. The molecule has 1 saturated heterocycles. The normalized spacial score (nSPS) is 23.9. The number of oxazole rings is 1. The minimum atomic E-state index is -0.0276. The van der Waals surface area contributed by atoms with Crippen molar-refractivity contribution in [2.45, 2.75) is 45.1 Å². The van der Waals surface area contributed by atoms with Crippen molar-refractivity contribution >= 4 is 11.1 Å². The molecule has 0 bridgehead atoms. The zero-order valence-corrected chi connectivity index (χ0v) is 11.1. The number of nitrogens with zero attached hydrogens (tertiary/aromatic N) is 1. The highest BCUT2D eigenvalue weighted by Crippen LogP contribution is 2.36. The number of para-hydroxylation sites is 1. The fraction of sp³-hybridized carbons (Fsp3) is 0.533. The van der Waals surface area contributed by atoms with E-state index in [1.165, 1.54) is 12.0 Å². The van der Waals surface area contributed by atoms with Gasteiger partial charge in [-0.05, 0) is 44.4 Å². The average molecular weight is 244 g/mol. The Morgan fingerprint density at radius 2 is 2.33 bits per heavy atom. The Hall–Kier alpha value is -1.35. The van der Waals surface area contributed by atoms with Crippen molar-refractivity contribution in [2.24, 2.45) is 0 Å². The number of rotatable bonds is 3. The molecule has 1 aromatic heterocycles. The van der Waals surface area contributed by atoms with E-state index in [0.29, 0.717) is 0 Å². The molecule has 1 fully saturated rings. The topological polar surface area (TPSA) is 38.1 Å². The molecular weight excluding hydrogens is 224 g/mol. The molecule has 3 heteroatoms. The summed E-state index contributed by atoms with van der Waals surface area (Å²) in [6.45, 7) is 5.37. The molecule has 0 aliphatic carbocycles. The van der Waals surface area contributed by atoms with E-state index >= 15 is 0 Å². The van der Waals surface area contributed by atoms with E-state index in [-0.39, 0.29) is 5.54 Å². The van der Waals surface area contributed by atoms with Gasteiger partial charge in [-0.1, -0.05) is 25.5 Å². The SMILES string of the molecule is CCCC1(c2nc3c(C)cccc3o2)CCCN1. The van der Waals surface area contributed by atoms with Crippen LogP contribution in [0.5, 0.6) is 0 Å². The van der Waals surface area contributed by atoms with Crippen LogP contribution in [0.3, 0.4) is 0 Å². The fourth-order valence-electron chi connectivity index (χ4n) is 3.03. The Kier molecular flexibility index (Phi) is 2.86. The Balaban J connectivity index is 2.09. The van der Waals surface area contributed by atoms with Crippen LogP contribution in [0.4, 0.5) is 0 Å². The van der Waals surface area contributed by atoms with Crippen LogP contribution in [0.15, 0.2) is 22.6 Å². The number of aromatic nitrogens is 1. The van der Waals surface area contributed by atoms with Crippen LogP contribution in [0.25, 0.3) is 11.1 Å². The molecule has 1 aliphatic heterocycles. The molecule has 1 unspecified atom stereocenters. The van der Waals surface area contributed by atoms with Crippen molar-refractivity contribution in [3.8, 4) is 0 Å². The highest BCUT2D eigenvalue weighted by Gasteiger charge is 2.39. The summed E-state index contributed by atoms with van der Waals surface area (Å²) < 4.78 is 6.02. The van der Waals surface area contributed by atoms with Gasteiger partial charge in [-0.2, -0.15) is 0 Å². The van der Waals surface area contributed by atoms with Crippen LogP contribution in [-0.2, 0) is 5.54 Å². The van der Waals surface area contributed by atoms with E-state index in [1.54, 1.807) is 0 Å². The molecule has 3 rings (SSSR count). The minimum Gasteiger partial charge on any atom is -0.439 e. The molecule has 2 aromatic rings. The molecule has 1 aromatic carbocycles. The van der Waals surface area contributed by atoms with Crippen LogP contribution in [-0.4, -0.2) is 11.5 Å². The van der Waals surface area contributed by atoms with E-state index in [1.807, 2.05) is 12.1 Å². The first-order valence-corrected chi connectivity index (χ1v) is 6.87. The van der Waals surface area contributed by atoms with Gasteiger partial charge in [-0.25, -0.2) is 4.98 Å². The molecular formula is C15H20N2O. The summed E-state index contributed by atoms with van der Waals surface area (Å²) >= 11 is 0. The van der Waals surface area contributed by atoms with Crippen molar-refractivity contribution in [3.63, 3.8) is 0 Å². The lowest BCUT2D eigenvalue weighted by Crippen LogP contribution is -2.36. The summed E-state index contributed by atoms with van der Waals surface area (Å²) in [5.41, 5.74) is 3.08. The lowest BCUT2D eigenvalue weighted by atomic mass is 9.92. The smallest absolute Gasteiger partial charge is 0.215 e. The zero-order valence-electron chi connectivity index (χ0n) is 11.1. The van der Waals surface area contributed by atoms with Crippen molar-refractivity contribution in [3.05, 3.63) is 29.7 Å². The summed E-state index contributed by atoms with van der Waals surface area (Å²) in [5.74, 6) is 0.881. The van der Waals surface area contributed by atoms with Gasteiger partial charge in [-0.15, -0.1) is 0 Å². The zero-order chi connectivity index (χ0) is 12.6. The summed E-state index contributed by atoms with van der Waals surface area (Å²) in [7, 11) is 0. The van der Waals surface area contributed by atoms with E-state index in [2.05, 4.69) is 25.2 Å². The predicted octanol–water partition coefficient (Wildman–Crippen LogP) is 3.52.